The molecule has 10 nitrogen and oxygen atoms in total. The summed E-state index contributed by atoms with van der Waals surface area (Å²) in [4.78, 5) is 15.6. The first-order valence-electron chi connectivity index (χ1n) is 19.7. The molecule has 0 fully saturated rings. The SMILES string of the molecule is CCOc1cc(O[C@H]2CCc3c(-c4cccc5c4CC[C@@H]5Oc4cc(OCC)c(CN(C)[C@@](C)(CO)C(=O)O)cc4Cl)cccc32)c(Cl)cc1CN(C)[C@@H](C)CO. The van der Waals surface area contributed by atoms with Gasteiger partial charge in [-0.15, -0.1) is 0 Å². The quantitative estimate of drug-likeness (QED) is 0.0900. The average Bonchev–Trinajstić information content (AvgIpc) is 3.81. The van der Waals surface area contributed by atoms with E-state index in [1.807, 2.05) is 40.0 Å². The topological polar surface area (TPSA) is 121 Å². The van der Waals surface area contributed by atoms with E-state index in [0.717, 1.165) is 48.1 Å². The number of likely N-dealkylation sites (N-methyl/N-ethyl adjacent to an activating group) is 2. The summed E-state index contributed by atoms with van der Waals surface area (Å²) in [7, 11) is 3.61. The van der Waals surface area contributed by atoms with Crippen LogP contribution in [-0.2, 0) is 30.7 Å². The number of hydrogen-bond acceptors (Lipinski definition) is 9. The summed E-state index contributed by atoms with van der Waals surface area (Å²) in [5.74, 6) is 1.22. The van der Waals surface area contributed by atoms with E-state index in [-0.39, 0.29) is 31.4 Å². The zero-order chi connectivity index (χ0) is 41.0. The largest absolute Gasteiger partial charge is 0.493 e. The molecule has 0 unspecified atom stereocenters. The number of carboxylic acids is 1. The maximum atomic E-state index is 12.0. The highest BCUT2D eigenvalue weighted by Crippen LogP contribution is 2.47. The Morgan fingerprint density at radius 1 is 0.789 bits per heavy atom. The normalized spacial score (nSPS) is 17.6. The molecule has 4 aromatic carbocycles. The minimum absolute atomic E-state index is 0.00847. The Labute approximate surface area is 345 Å². The molecule has 0 radical (unpaired) electrons. The fraction of sp³-hybridized carbons (Fsp3) is 0.444. The molecule has 0 aromatic heterocycles. The van der Waals surface area contributed by atoms with E-state index >= 15 is 0 Å². The molecule has 0 saturated heterocycles. The van der Waals surface area contributed by atoms with Crippen molar-refractivity contribution in [2.24, 2.45) is 0 Å². The zero-order valence-electron chi connectivity index (χ0n) is 33.6. The van der Waals surface area contributed by atoms with E-state index in [0.29, 0.717) is 52.6 Å². The molecule has 4 aromatic rings. The maximum absolute atomic E-state index is 12.0. The lowest BCUT2D eigenvalue weighted by Crippen LogP contribution is -2.52. The van der Waals surface area contributed by atoms with Gasteiger partial charge in [-0.2, -0.15) is 0 Å². The number of rotatable bonds is 18. The van der Waals surface area contributed by atoms with Crippen LogP contribution in [0.3, 0.4) is 0 Å². The van der Waals surface area contributed by atoms with Gasteiger partial charge in [0, 0.05) is 42.4 Å². The minimum atomic E-state index is -1.48. The molecule has 0 bridgehead atoms. The van der Waals surface area contributed by atoms with E-state index in [1.54, 1.807) is 24.1 Å². The van der Waals surface area contributed by atoms with Gasteiger partial charge in [-0.05, 0) is 113 Å². The summed E-state index contributed by atoms with van der Waals surface area (Å²) in [5, 5.41) is 30.2. The van der Waals surface area contributed by atoms with Gasteiger partial charge in [-0.25, -0.2) is 0 Å². The molecule has 57 heavy (non-hydrogen) atoms. The monoisotopic (exact) mass is 820 g/mol. The smallest absolute Gasteiger partial charge is 0.326 e. The van der Waals surface area contributed by atoms with E-state index in [2.05, 4.69) is 41.3 Å². The minimum Gasteiger partial charge on any atom is -0.493 e. The fourth-order valence-corrected chi connectivity index (χ4v) is 8.26. The lowest BCUT2D eigenvalue weighted by atomic mass is 9.91. The van der Waals surface area contributed by atoms with Crippen molar-refractivity contribution in [1.29, 1.82) is 0 Å². The summed E-state index contributed by atoms with van der Waals surface area (Å²) >= 11 is 13.7. The molecular formula is C45H54Cl2N2O8. The van der Waals surface area contributed by atoms with Gasteiger partial charge in [0.05, 0.1) is 36.5 Å². The third-order valence-electron chi connectivity index (χ3n) is 11.5. The van der Waals surface area contributed by atoms with Gasteiger partial charge in [-0.1, -0.05) is 59.6 Å². The Morgan fingerprint density at radius 3 is 1.68 bits per heavy atom. The Bertz CT molecular complexity index is 2080. The molecule has 12 heteroatoms. The standard InChI is InChI=1S/C45H54Cl2N2O8/c1-7-54-40-21-42(36(46)19-28(40)23-48(5)27(3)25-50)56-38-17-15-32-30(11-9-13-34(32)38)31-12-10-14-35-33(31)16-18-39(35)57-43-22-41(55-8-2)29(20-37(43)47)24-49(6)45(4,26-51)44(52)53/h9-14,19-22,27,38-39,50-51H,7-8,15-18,23-26H2,1-6H3,(H,52,53)/t27-,38-,39-,45-/m0/s1. The number of carboxylic acid groups (broad SMARTS) is 1. The zero-order valence-corrected chi connectivity index (χ0v) is 35.1. The summed E-state index contributed by atoms with van der Waals surface area (Å²) in [6.07, 6.45) is 2.88. The number of halogens is 2. The van der Waals surface area contributed by atoms with Gasteiger partial charge in [0.15, 0.2) is 0 Å². The van der Waals surface area contributed by atoms with Crippen molar-refractivity contribution < 1.29 is 39.1 Å². The second-order valence-electron chi connectivity index (χ2n) is 15.2. The van der Waals surface area contributed by atoms with Crippen LogP contribution in [0, 0.1) is 0 Å². The van der Waals surface area contributed by atoms with Crippen molar-refractivity contribution in [3.05, 3.63) is 104 Å². The lowest BCUT2D eigenvalue weighted by molar-refractivity contribution is -0.152. The number of fused-ring (bicyclic) bond motifs is 2. The van der Waals surface area contributed by atoms with Crippen LogP contribution in [0.4, 0.5) is 0 Å². The van der Waals surface area contributed by atoms with Crippen molar-refractivity contribution in [2.45, 2.75) is 90.3 Å². The van der Waals surface area contributed by atoms with Crippen LogP contribution < -0.4 is 18.9 Å². The fourth-order valence-electron chi connectivity index (χ4n) is 7.79. The predicted molar refractivity (Wildman–Crippen MR) is 223 cm³/mol. The number of aliphatic hydroxyl groups excluding tert-OH is 2. The molecule has 0 saturated carbocycles. The Morgan fingerprint density at radius 2 is 1.26 bits per heavy atom. The number of aliphatic carboxylic acids is 1. The predicted octanol–water partition coefficient (Wildman–Crippen LogP) is 8.67. The maximum Gasteiger partial charge on any atom is 0.326 e. The molecular weight excluding hydrogens is 767 g/mol. The van der Waals surface area contributed by atoms with Crippen molar-refractivity contribution in [3.8, 4) is 34.1 Å². The van der Waals surface area contributed by atoms with Crippen LogP contribution in [0.5, 0.6) is 23.0 Å². The van der Waals surface area contributed by atoms with Crippen molar-refractivity contribution in [1.82, 2.24) is 9.80 Å². The van der Waals surface area contributed by atoms with Crippen molar-refractivity contribution >= 4 is 29.2 Å². The summed E-state index contributed by atoms with van der Waals surface area (Å²) < 4.78 is 25.3. The van der Waals surface area contributed by atoms with Crippen LogP contribution >= 0.6 is 23.2 Å². The molecule has 3 N–H and O–H groups in total. The molecule has 6 rings (SSSR count). The second-order valence-corrected chi connectivity index (χ2v) is 16.0. The van der Waals surface area contributed by atoms with Crippen LogP contribution in [0.15, 0.2) is 60.7 Å². The molecule has 0 heterocycles. The van der Waals surface area contributed by atoms with Gasteiger partial charge in [-0.3, -0.25) is 14.6 Å². The summed E-state index contributed by atoms with van der Waals surface area (Å²) in [6, 6.07) is 20.2. The highest BCUT2D eigenvalue weighted by molar-refractivity contribution is 6.32. The van der Waals surface area contributed by atoms with Crippen molar-refractivity contribution in [2.75, 3.05) is 40.5 Å². The van der Waals surface area contributed by atoms with Gasteiger partial charge < -0.3 is 34.3 Å². The Balaban J connectivity index is 1.23. The number of ether oxygens (including phenoxy) is 4. The van der Waals surface area contributed by atoms with Gasteiger partial charge >= 0.3 is 5.97 Å². The number of aliphatic hydroxyl groups is 2. The summed E-state index contributed by atoms with van der Waals surface area (Å²) in [6.45, 7) is 8.47. The summed E-state index contributed by atoms with van der Waals surface area (Å²) in [5.41, 5.74) is 7.30. The number of benzene rings is 4. The first kappa shape index (κ1) is 42.6. The first-order valence-corrected chi connectivity index (χ1v) is 20.4. The molecule has 0 aliphatic heterocycles. The first-order chi connectivity index (χ1) is 27.3. The molecule has 0 spiro atoms. The van der Waals surface area contributed by atoms with Crippen LogP contribution in [0.1, 0.15) is 86.1 Å². The lowest BCUT2D eigenvalue weighted by Gasteiger charge is -2.33. The third kappa shape index (κ3) is 8.87. The number of carbonyl (C=O) groups is 1. The average molecular weight is 822 g/mol. The van der Waals surface area contributed by atoms with Crippen LogP contribution in [0.25, 0.3) is 11.1 Å². The number of hydrogen-bond donors (Lipinski definition) is 3. The molecule has 2 aliphatic rings. The molecule has 2 aliphatic carbocycles. The van der Waals surface area contributed by atoms with E-state index in [1.165, 1.54) is 29.2 Å². The van der Waals surface area contributed by atoms with E-state index < -0.39 is 18.1 Å². The van der Waals surface area contributed by atoms with Crippen molar-refractivity contribution in [3.63, 3.8) is 0 Å². The molecule has 4 atom stereocenters. The van der Waals surface area contributed by atoms with Gasteiger partial charge in [0.1, 0.15) is 40.7 Å². The molecule has 0 amide bonds. The van der Waals surface area contributed by atoms with Gasteiger partial charge in [0.2, 0.25) is 0 Å². The molecule has 306 valence electrons. The second kappa shape index (κ2) is 18.3. The van der Waals surface area contributed by atoms with E-state index in [4.69, 9.17) is 42.1 Å². The van der Waals surface area contributed by atoms with Crippen LogP contribution in [0.2, 0.25) is 10.0 Å². The highest BCUT2D eigenvalue weighted by atomic mass is 35.5. The highest BCUT2D eigenvalue weighted by Gasteiger charge is 2.38. The van der Waals surface area contributed by atoms with Crippen LogP contribution in [-0.4, -0.2) is 83.2 Å². The van der Waals surface area contributed by atoms with Gasteiger partial charge in [0.25, 0.3) is 0 Å². The Kier molecular flexibility index (Phi) is 13.6. The Hall–Kier alpha value is -4.03. The third-order valence-corrected chi connectivity index (χ3v) is 12.1. The van der Waals surface area contributed by atoms with E-state index in [9.17, 15) is 20.1 Å². The number of nitrogens with zero attached hydrogens (tertiary/aromatic N) is 2.